The quantitative estimate of drug-likeness (QED) is 0.324. The molecule has 8 bridgehead atoms. The summed E-state index contributed by atoms with van der Waals surface area (Å²) < 4.78 is 4.08. The molecule has 0 aliphatic carbocycles. The van der Waals surface area contributed by atoms with Gasteiger partial charge < -0.3 is 20.9 Å². The first-order valence-electron chi connectivity index (χ1n) is 13.0. The van der Waals surface area contributed by atoms with Crippen LogP contribution in [0.3, 0.4) is 0 Å². The van der Waals surface area contributed by atoms with Crippen molar-refractivity contribution in [3.05, 3.63) is 70.3 Å². The molecule has 9 heteroatoms. The minimum atomic E-state index is -0.489. The zero-order valence-corrected chi connectivity index (χ0v) is 26.6. The molecule has 0 aromatic carbocycles. The first-order valence-corrected chi connectivity index (χ1v) is 13.0. The van der Waals surface area contributed by atoms with E-state index >= 15 is 0 Å². The van der Waals surface area contributed by atoms with Gasteiger partial charge in [-0.15, -0.1) is 11.4 Å². The van der Waals surface area contributed by atoms with Gasteiger partial charge in [-0.1, -0.05) is 26.0 Å². The molecular weight excluding hydrogens is 643 g/mol. The van der Waals surface area contributed by atoms with E-state index in [0.717, 1.165) is 22.8 Å². The largest absolute Gasteiger partial charge is 2.00 e. The first kappa shape index (κ1) is 28.1. The number of fused-ring (bicyclic) bond motifs is 8. The van der Waals surface area contributed by atoms with E-state index in [0.29, 0.717) is 0 Å². The molecule has 3 aliphatic rings. The second kappa shape index (κ2) is 8.06. The summed E-state index contributed by atoms with van der Waals surface area (Å²) in [5, 5.41) is 14.6. The molecule has 2 aromatic heterocycles. The zero-order valence-electron chi connectivity index (χ0n) is 24.4. The molecule has 5 rings (SSSR count). The van der Waals surface area contributed by atoms with Gasteiger partial charge in [-0.25, -0.2) is 0 Å². The molecule has 0 spiro atoms. The van der Waals surface area contributed by atoms with Gasteiger partial charge in [0.05, 0.1) is 28.1 Å². The Labute approximate surface area is 236 Å². The fourth-order valence-corrected chi connectivity index (χ4v) is 5.97. The molecule has 0 fully saturated rings. The summed E-state index contributed by atoms with van der Waals surface area (Å²) in [6.07, 6.45) is 8.72. The van der Waals surface area contributed by atoms with Crippen LogP contribution in [0.1, 0.15) is 94.5 Å². The monoisotopic (exact) mass is 685 g/mol. The molecule has 204 valence electrons. The Bertz CT molecular complexity index is 1180. The summed E-state index contributed by atoms with van der Waals surface area (Å²) in [5.74, 6) is 0. The van der Waals surface area contributed by atoms with Crippen molar-refractivity contribution in [3.8, 4) is 0 Å². The van der Waals surface area contributed by atoms with Gasteiger partial charge in [0.1, 0.15) is 0 Å². The van der Waals surface area contributed by atoms with Crippen LogP contribution in [-0.4, -0.2) is 40.7 Å². The number of rotatable bonds is 0. The fourth-order valence-electron chi connectivity index (χ4n) is 5.97. The number of aromatic nitrogens is 4. The molecule has 0 radical (unpaired) electrons. The Hall–Kier alpha value is -1.89. The maximum absolute atomic E-state index is 5.26. The van der Waals surface area contributed by atoms with Gasteiger partial charge in [0.25, 0.3) is 0 Å². The Morgan fingerprint density at radius 3 is 1.27 bits per heavy atom. The molecule has 8 nitrogen and oxygen atoms in total. The van der Waals surface area contributed by atoms with Crippen LogP contribution in [0.5, 0.6) is 0 Å². The third-order valence-corrected chi connectivity index (χ3v) is 8.38. The van der Waals surface area contributed by atoms with Gasteiger partial charge in [-0.2, -0.15) is 10.2 Å². The van der Waals surface area contributed by atoms with Crippen molar-refractivity contribution in [2.45, 2.75) is 111 Å². The molecule has 0 saturated carbocycles. The zero-order chi connectivity index (χ0) is 26.7. The van der Waals surface area contributed by atoms with Crippen LogP contribution in [0.4, 0.5) is 0 Å². The SMILES string of the molecule is CC1(C)C2=CC(C)(C)N([N-]2)C(C)(C)n2ccc(n2)C(C)(C)c2ccn(n2)C(C)(C)N2[N-]C1=CC2(C)C.[Pt+2]. The smallest absolute Gasteiger partial charge is 0.620 e. The predicted octanol–water partition coefficient (Wildman–Crippen LogP) is 6.36. The van der Waals surface area contributed by atoms with E-state index in [1.54, 1.807) is 0 Å². The molecule has 0 amide bonds. The standard InChI is InChI=1S/C28H42N8.Pt/c1-23(2)17-21-26(7,8)22-18-24(3,4)36(32-22)28(11,12)34-16-14-20(30-34)25(5,6)19-13-15-33(29-19)27(9,10)35(23)31-21;/h13-18H,1-12H3;/q-2;+2. The summed E-state index contributed by atoms with van der Waals surface area (Å²) in [6, 6.07) is 4.22. The van der Waals surface area contributed by atoms with E-state index in [4.69, 9.17) is 21.0 Å². The van der Waals surface area contributed by atoms with Gasteiger partial charge in [-0.3, -0.25) is 9.36 Å². The molecule has 2 unspecified atom stereocenters. The first-order chi connectivity index (χ1) is 16.3. The van der Waals surface area contributed by atoms with Crippen LogP contribution in [0.2, 0.25) is 0 Å². The van der Waals surface area contributed by atoms with Crippen molar-refractivity contribution in [2.24, 2.45) is 5.41 Å². The van der Waals surface area contributed by atoms with Crippen molar-refractivity contribution in [2.75, 3.05) is 0 Å². The van der Waals surface area contributed by atoms with Crippen molar-refractivity contribution in [3.63, 3.8) is 0 Å². The Balaban J connectivity index is 0.00000320. The average Bonchev–Trinajstić information content (AvgIpc) is 3.51. The normalized spacial score (nSPS) is 29.3. The third kappa shape index (κ3) is 3.97. The Morgan fingerprint density at radius 1 is 0.568 bits per heavy atom. The third-order valence-electron chi connectivity index (χ3n) is 8.38. The average molecular weight is 686 g/mol. The van der Waals surface area contributed by atoms with E-state index in [9.17, 15) is 0 Å². The van der Waals surface area contributed by atoms with Crippen molar-refractivity contribution in [1.29, 1.82) is 0 Å². The van der Waals surface area contributed by atoms with E-state index in [2.05, 4.69) is 130 Å². The minimum Gasteiger partial charge on any atom is -0.620 e. The van der Waals surface area contributed by atoms with Crippen LogP contribution in [0.25, 0.3) is 10.9 Å². The van der Waals surface area contributed by atoms with Crippen LogP contribution in [0.15, 0.2) is 48.1 Å². The molecule has 3 aliphatic heterocycles. The molecular formula is C28H42N8Pt. The van der Waals surface area contributed by atoms with E-state index in [1.807, 2.05) is 9.36 Å². The van der Waals surface area contributed by atoms with E-state index in [-0.39, 0.29) is 43.0 Å². The summed E-state index contributed by atoms with van der Waals surface area (Å²) >= 11 is 0. The molecule has 0 N–H and O–H groups in total. The number of nitrogens with zero attached hydrogens (tertiary/aromatic N) is 8. The van der Waals surface area contributed by atoms with Crippen LogP contribution < -0.4 is 0 Å². The Kier molecular flexibility index (Phi) is 6.13. The molecule has 5 heterocycles. The van der Waals surface area contributed by atoms with Crippen molar-refractivity contribution in [1.82, 2.24) is 29.6 Å². The van der Waals surface area contributed by atoms with Gasteiger partial charge >= 0.3 is 21.1 Å². The van der Waals surface area contributed by atoms with Gasteiger partial charge in [0.2, 0.25) is 0 Å². The number of hydrogen-bond donors (Lipinski definition) is 0. The Morgan fingerprint density at radius 2 is 0.919 bits per heavy atom. The van der Waals surface area contributed by atoms with E-state index in [1.165, 1.54) is 0 Å². The molecule has 2 aromatic rings. The van der Waals surface area contributed by atoms with Crippen molar-refractivity contribution >= 4 is 0 Å². The fraction of sp³-hybridized carbons (Fsp3) is 0.643. The topological polar surface area (TPSA) is 70.3 Å². The second-order valence-electron chi connectivity index (χ2n) is 13.7. The summed E-state index contributed by atoms with van der Waals surface area (Å²) in [5.41, 5.74) is 12.2. The van der Waals surface area contributed by atoms with E-state index < -0.39 is 11.3 Å². The van der Waals surface area contributed by atoms with Gasteiger partial charge in [0, 0.05) is 23.5 Å². The van der Waals surface area contributed by atoms with Gasteiger partial charge in [-0.05, 0) is 86.8 Å². The van der Waals surface area contributed by atoms with Crippen molar-refractivity contribution < 1.29 is 21.1 Å². The molecule has 0 saturated heterocycles. The summed E-state index contributed by atoms with van der Waals surface area (Å²) in [6.45, 7) is 26.4. The van der Waals surface area contributed by atoms with Gasteiger partial charge in [0.15, 0.2) is 0 Å². The molecule has 2 atom stereocenters. The second-order valence-corrected chi connectivity index (χ2v) is 13.7. The van der Waals surface area contributed by atoms with Crippen LogP contribution >= 0.6 is 0 Å². The predicted molar refractivity (Wildman–Crippen MR) is 144 cm³/mol. The summed E-state index contributed by atoms with van der Waals surface area (Å²) in [7, 11) is 0. The van der Waals surface area contributed by atoms with Crippen LogP contribution in [-0.2, 0) is 37.8 Å². The minimum absolute atomic E-state index is 0. The van der Waals surface area contributed by atoms with Crippen LogP contribution in [0, 0.1) is 5.41 Å². The maximum atomic E-state index is 5.26. The summed E-state index contributed by atoms with van der Waals surface area (Å²) in [4.78, 5) is 0. The number of hydrogen-bond acceptors (Lipinski definition) is 4. The maximum Gasteiger partial charge on any atom is 2.00 e. The molecule has 37 heavy (non-hydrogen) atoms.